The fraction of sp³-hybridized carbons (Fsp3) is 0.600. The van der Waals surface area contributed by atoms with Gasteiger partial charge in [0.15, 0.2) is 11.5 Å². The van der Waals surface area contributed by atoms with Crippen molar-refractivity contribution in [2.24, 2.45) is 5.92 Å². The number of aliphatic hydroxyl groups excluding tert-OH is 1. The molecule has 0 bridgehead atoms. The Hall–Kier alpha value is -1.22. The molecule has 0 aromatic heterocycles. The Morgan fingerprint density at radius 3 is 2.50 bits per heavy atom. The number of para-hydroxylation sites is 1. The van der Waals surface area contributed by atoms with Gasteiger partial charge in [-0.3, -0.25) is 0 Å². The van der Waals surface area contributed by atoms with Crippen molar-refractivity contribution in [3.05, 3.63) is 23.8 Å². The third-order valence-electron chi connectivity index (χ3n) is 3.20. The van der Waals surface area contributed by atoms with Crippen molar-refractivity contribution in [3.63, 3.8) is 0 Å². The fourth-order valence-electron chi connectivity index (χ4n) is 2.29. The molecule has 0 heterocycles. The Balaban J connectivity index is 2.87. The van der Waals surface area contributed by atoms with Gasteiger partial charge in [-0.25, -0.2) is 0 Å². The smallest absolute Gasteiger partial charge is 0.166 e. The summed E-state index contributed by atoms with van der Waals surface area (Å²) in [5.74, 6) is 1.80. The lowest BCUT2D eigenvalue weighted by molar-refractivity contribution is 0.141. The van der Waals surface area contributed by atoms with Crippen LogP contribution in [-0.4, -0.2) is 19.3 Å². The quantitative estimate of drug-likeness (QED) is 0.806. The summed E-state index contributed by atoms with van der Waals surface area (Å²) in [4.78, 5) is 0. The van der Waals surface area contributed by atoms with Crippen LogP contribution >= 0.6 is 0 Å². The monoisotopic (exact) mass is 252 g/mol. The lowest BCUT2D eigenvalue weighted by Crippen LogP contribution is -2.06. The van der Waals surface area contributed by atoms with Gasteiger partial charge >= 0.3 is 0 Å². The van der Waals surface area contributed by atoms with Gasteiger partial charge in [0.05, 0.1) is 20.3 Å². The zero-order chi connectivity index (χ0) is 13.5. The van der Waals surface area contributed by atoms with Gasteiger partial charge in [0.1, 0.15) is 0 Å². The highest BCUT2D eigenvalue weighted by Crippen LogP contribution is 2.37. The molecule has 1 aromatic carbocycles. The van der Waals surface area contributed by atoms with E-state index >= 15 is 0 Å². The predicted octanol–water partition coefficient (Wildman–Crippen LogP) is 3.56. The minimum absolute atomic E-state index is 0.501. The normalized spacial score (nSPS) is 14.1. The lowest BCUT2D eigenvalue weighted by atomic mass is 9.94. The Bertz CT molecular complexity index is 363. The fourth-order valence-corrected chi connectivity index (χ4v) is 2.29. The van der Waals surface area contributed by atoms with Gasteiger partial charge in [0.25, 0.3) is 0 Å². The van der Waals surface area contributed by atoms with Crippen LogP contribution in [0.5, 0.6) is 11.5 Å². The molecule has 0 saturated heterocycles. The summed E-state index contributed by atoms with van der Waals surface area (Å²) >= 11 is 0. The first-order chi connectivity index (χ1) is 8.63. The molecule has 1 rings (SSSR count). The van der Waals surface area contributed by atoms with Crippen LogP contribution in [-0.2, 0) is 0 Å². The molecule has 0 aliphatic rings. The minimum atomic E-state index is -0.503. The first kappa shape index (κ1) is 14.8. The molecule has 1 N–H and O–H groups in total. The summed E-state index contributed by atoms with van der Waals surface area (Å²) in [6, 6.07) is 5.61. The Morgan fingerprint density at radius 2 is 1.94 bits per heavy atom. The van der Waals surface area contributed by atoms with Gasteiger partial charge in [0, 0.05) is 5.56 Å². The van der Waals surface area contributed by atoms with Crippen molar-refractivity contribution in [3.8, 4) is 11.5 Å². The van der Waals surface area contributed by atoms with Gasteiger partial charge < -0.3 is 14.6 Å². The van der Waals surface area contributed by atoms with Crippen molar-refractivity contribution in [1.29, 1.82) is 0 Å². The second-order valence-corrected chi connectivity index (χ2v) is 4.73. The standard InChI is InChI=1S/C15H24O3/c1-5-7-11(2)10-13(16)12-8-6-9-14(17-3)15(12)18-4/h6,8-9,11,13,16H,5,7,10H2,1-4H3. The SMILES string of the molecule is CCCC(C)CC(O)c1cccc(OC)c1OC. The summed E-state index contributed by atoms with van der Waals surface area (Å²) in [5, 5.41) is 10.3. The Kier molecular flexibility index (Phi) is 5.99. The van der Waals surface area contributed by atoms with Crippen LogP contribution in [0.2, 0.25) is 0 Å². The van der Waals surface area contributed by atoms with Crippen LogP contribution in [0.1, 0.15) is 44.8 Å². The molecule has 102 valence electrons. The number of ether oxygens (including phenoxy) is 2. The van der Waals surface area contributed by atoms with Crippen LogP contribution in [0.4, 0.5) is 0 Å². The van der Waals surface area contributed by atoms with Gasteiger partial charge in [0.2, 0.25) is 0 Å². The molecule has 3 heteroatoms. The predicted molar refractivity (Wildman–Crippen MR) is 73.2 cm³/mol. The molecule has 2 atom stereocenters. The maximum absolute atomic E-state index is 10.3. The Morgan fingerprint density at radius 1 is 1.22 bits per heavy atom. The summed E-state index contributed by atoms with van der Waals surface area (Å²) in [7, 11) is 3.21. The van der Waals surface area contributed by atoms with E-state index in [-0.39, 0.29) is 0 Å². The summed E-state index contributed by atoms with van der Waals surface area (Å²) in [6.07, 6.45) is 2.51. The van der Waals surface area contributed by atoms with Crippen molar-refractivity contribution in [2.75, 3.05) is 14.2 Å². The van der Waals surface area contributed by atoms with Crippen LogP contribution < -0.4 is 9.47 Å². The average molecular weight is 252 g/mol. The number of benzene rings is 1. The van der Waals surface area contributed by atoms with Gasteiger partial charge in [-0.05, 0) is 18.4 Å². The van der Waals surface area contributed by atoms with E-state index in [0.717, 1.165) is 24.8 Å². The van der Waals surface area contributed by atoms with E-state index in [1.165, 1.54) is 0 Å². The highest BCUT2D eigenvalue weighted by Gasteiger charge is 2.18. The van der Waals surface area contributed by atoms with Gasteiger partial charge in [-0.15, -0.1) is 0 Å². The van der Waals surface area contributed by atoms with Crippen molar-refractivity contribution >= 4 is 0 Å². The van der Waals surface area contributed by atoms with Gasteiger partial charge in [-0.1, -0.05) is 38.8 Å². The molecule has 0 amide bonds. The molecule has 0 aliphatic carbocycles. The summed E-state index contributed by atoms with van der Waals surface area (Å²) in [6.45, 7) is 4.33. The van der Waals surface area contributed by atoms with Crippen LogP contribution in [0.25, 0.3) is 0 Å². The average Bonchev–Trinajstić information content (AvgIpc) is 2.37. The molecule has 0 spiro atoms. The largest absolute Gasteiger partial charge is 0.493 e. The molecule has 0 aliphatic heterocycles. The van der Waals surface area contributed by atoms with E-state index in [9.17, 15) is 5.11 Å². The van der Waals surface area contributed by atoms with E-state index in [1.807, 2.05) is 18.2 Å². The summed E-state index contributed by atoms with van der Waals surface area (Å²) < 4.78 is 10.6. The number of methoxy groups -OCH3 is 2. The molecule has 1 aromatic rings. The minimum Gasteiger partial charge on any atom is -0.493 e. The summed E-state index contributed by atoms with van der Waals surface area (Å²) in [5.41, 5.74) is 0.805. The molecule has 0 fully saturated rings. The topological polar surface area (TPSA) is 38.7 Å². The van der Waals surface area contributed by atoms with E-state index in [1.54, 1.807) is 14.2 Å². The van der Waals surface area contributed by atoms with Crippen LogP contribution in [0, 0.1) is 5.92 Å². The molecule has 0 saturated carbocycles. The third-order valence-corrected chi connectivity index (χ3v) is 3.20. The third kappa shape index (κ3) is 3.64. The first-order valence-electron chi connectivity index (χ1n) is 6.52. The second kappa shape index (κ2) is 7.27. The maximum atomic E-state index is 10.3. The molecule has 2 unspecified atom stereocenters. The Labute approximate surface area is 110 Å². The zero-order valence-corrected chi connectivity index (χ0v) is 11.8. The molecular weight excluding hydrogens is 228 g/mol. The van der Waals surface area contributed by atoms with E-state index < -0.39 is 6.10 Å². The van der Waals surface area contributed by atoms with Crippen molar-refractivity contribution in [2.45, 2.75) is 39.2 Å². The highest BCUT2D eigenvalue weighted by atomic mass is 16.5. The number of hydrogen-bond acceptors (Lipinski definition) is 3. The molecule has 3 nitrogen and oxygen atoms in total. The maximum Gasteiger partial charge on any atom is 0.166 e. The van der Waals surface area contributed by atoms with Crippen LogP contribution in [0.15, 0.2) is 18.2 Å². The van der Waals surface area contributed by atoms with Gasteiger partial charge in [-0.2, -0.15) is 0 Å². The lowest BCUT2D eigenvalue weighted by Gasteiger charge is -2.19. The van der Waals surface area contributed by atoms with Crippen molar-refractivity contribution in [1.82, 2.24) is 0 Å². The molecule has 18 heavy (non-hydrogen) atoms. The molecule has 0 radical (unpaired) electrons. The van der Waals surface area contributed by atoms with E-state index in [4.69, 9.17) is 9.47 Å². The van der Waals surface area contributed by atoms with E-state index in [2.05, 4.69) is 13.8 Å². The number of rotatable bonds is 7. The second-order valence-electron chi connectivity index (χ2n) is 4.73. The number of hydrogen-bond donors (Lipinski definition) is 1. The van der Waals surface area contributed by atoms with E-state index in [0.29, 0.717) is 17.4 Å². The first-order valence-corrected chi connectivity index (χ1v) is 6.52. The molecular formula is C15H24O3. The zero-order valence-electron chi connectivity index (χ0n) is 11.8. The van der Waals surface area contributed by atoms with Crippen LogP contribution in [0.3, 0.4) is 0 Å². The van der Waals surface area contributed by atoms with Crippen molar-refractivity contribution < 1.29 is 14.6 Å². The number of aliphatic hydroxyl groups is 1. The highest BCUT2D eigenvalue weighted by molar-refractivity contribution is 5.47.